The molecule has 1 nitrogen and oxygen atoms in total. The second-order valence-corrected chi connectivity index (χ2v) is 5.46. The summed E-state index contributed by atoms with van der Waals surface area (Å²) in [6, 6.07) is 9.77. The van der Waals surface area contributed by atoms with Gasteiger partial charge in [0.15, 0.2) is 0 Å². The topological polar surface area (TPSA) is 12.0 Å². The number of nitrogens with one attached hydrogen (secondary N) is 1. The maximum absolute atomic E-state index is 3.79. The summed E-state index contributed by atoms with van der Waals surface area (Å²) in [5, 5.41) is 3.69. The first-order chi connectivity index (χ1) is 7.81. The Hall–Kier alpha value is -0.730. The van der Waals surface area contributed by atoms with Crippen LogP contribution in [0.25, 0.3) is 0 Å². The van der Waals surface area contributed by atoms with E-state index in [0.29, 0.717) is 12.1 Å². The highest BCUT2D eigenvalue weighted by Gasteiger charge is 2.20. The zero-order valence-corrected chi connectivity index (χ0v) is 10.6. The molecule has 0 aromatic heterocycles. The Labute approximate surface area is 102 Å². The van der Waals surface area contributed by atoms with Crippen molar-refractivity contribution in [1.82, 2.24) is 5.32 Å². The third kappa shape index (κ3) is 2.69. The van der Waals surface area contributed by atoms with E-state index in [2.05, 4.69) is 43.1 Å². The molecule has 0 bridgehead atoms. The minimum atomic E-state index is 0.513. The number of thioether (sulfide) groups is 1. The van der Waals surface area contributed by atoms with E-state index < -0.39 is 0 Å². The summed E-state index contributed by atoms with van der Waals surface area (Å²) in [5.74, 6) is 1.22. The minimum Gasteiger partial charge on any atom is -0.307 e. The van der Waals surface area contributed by atoms with Crippen molar-refractivity contribution >= 4 is 11.8 Å². The molecule has 0 spiro atoms. The van der Waals surface area contributed by atoms with Crippen molar-refractivity contribution in [1.29, 1.82) is 0 Å². The molecule has 2 heteroatoms. The number of hydrogen-bond donors (Lipinski definition) is 1. The van der Waals surface area contributed by atoms with Gasteiger partial charge in [-0.3, -0.25) is 0 Å². The number of hydrogen-bond acceptors (Lipinski definition) is 2. The number of benzene rings is 1. The molecule has 0 fully saturated rings. The summed E-state index contributed by atoms with van der Waals surface area (Å²) in [7, 11) is 0. The van der Waals surface area contributed by atoms with Gasteiger partial charge in [0.1, 0.15) is 0 Å². The van der Waals surface area contributed by atoms with Gasteiger partial charge in [0.25, 0.3) is 0 Å². The van der Waals surface area contributed by atoms with Gasteiger partial charge in [-0.25, -0.2) is 0 Å². The average Bonchev–Trinajstić information content (AvgIpc) is 2.30. The highest BCUT2D eigenvalue weighted by Crippen LogP contribution is 2.36. The van der Waals surface area contributed by atoms with Crippen molar-refractivity contribution in [2.24, 2.45) is 0 Å². The Balaban J connectivity index is 2.09. The Bertz CT molecular complexity index is 362. The Kier molecular flexibility index (Phi) is 4.08. The van der Waals surface area contributed by atoms with Gasteiger partial charge in [-0.2, -0.15) is 0 Å². The normalized spacial score (nSPS) is 21.2. The van der Waals surface area contributed by atoms with Gasteiger partial charge < -0.3 is 5.32 Å². The quantitative estimate of drug-likeness (QED) is 0.794. The monoisotopic (exact) mass is 233 g/mol. The van der Waals surface area contributed by atoms with E-state index in [1.54, 1.807) is 0 Å². The van der Waals surface area contributed by atoms with Gasteiger partial charge in [0.2, 0.25) is 0 Å². The molecule has 2 unspecified atom stereocenters. The van der Waals surface area contributed by atoms with Crippen molar-refractivity contribution in [3.63, 3.8) is 0 Å². The first-order valence-electron chi connectivity index (χ1n) is 5.90. The molecule has 0 saturated heterocycles. The SMILES string of the molecule is C=CCC(C)NC1CCSc2ccccc21. The zero-order valence-electron chi connectivity index (χ0n) is 9.78. The molecule has 1 N–H and O–H groups in total. The maximum atomic E-state index is 3.79. The van der Waals surface area contributed by atoms with Crippen LogP contribution in [0.1, 0.15) is 31.4 Å². The molecule has 1 aliphatic rings. The van der Waals surface area contributed by atoms with E-state index in [-0.39, 0.29) is 0 Å². The Morgan fingerprint density at radius 2 is 2.38 bits per heavy atom. The first kappa shape index (κ1) is 11.7. The fourth-order valence-electron chi connectivity index (χ4n) is 2.18. The summed E-state index contributed by atoms with van der Waals surface area (Å²) >= 11 is 1.97. The van der Waals surface area contributed by atoms with Crippen molar-refractivity contribution in [2.75, 3.05) is 5.75 Å². The molecule has 86 valence electrons. The van der Waals surface area contributed by atoms with E-state index in [4.69, 9.17) is 0 Å². The van der Waals surface area contributed by atoms with Crippen molar-refractivity contribution in [2.45, 2.75) is 36.7 Å². The van der Waals surface area contributed by atoms with Crippen molar-refractivity contribution < 1.29 is 0 Å². The molecule has 1 aromatic carbocycles. The van der Waals surface area contributed by atoms with Gasteiger partial charge in [0.05, 0.1) is 0 Å². The molecular formula is C14H19NS. The lowest BCUT2D eigenvalue weighted by atomic mass is 10.0. The van der Waals surface area contributed by atoms with Crippen LogP contribution in [-0.2, 0) is 0 Å². The molecular weight excluding hydrogens is 214 g/mol. The summed E-state index contributed by atoms with van der Waals surface area (Å²) in [6.45, 7) is 6.02. The molecule has 16 heavy (non-hydrogen) atoms. The second-order valence-electron chi connectivity index (χ2n) is 4.32. The van der Waals surface area contributed by atoms with Gasteiger partial charge in [-0.1, -0.05) is 24.3 Å². The molecule has 0 aliphatic carbocycles. The first-order valence-corrected chi connectivity index (χ1v) is 6.88. The van der Waals surface area contributed by atoms with E-state index in [9.17, 15) is 0 Å². The summed E-state index contributed by atoms with van der Waals surface area (Å²) in [6.07, 6.45) is 4.25. The van der Waals surface area contributed by atoms with E-state index in [1.807, 2.05) is 17.8 Å². The zero-order chi connectivity index (χ0) is 11.4. The number of fused-ring (bicyclic) bond motifs is 1. The third-order valence-corrected chi connectivity index (χ3v) is 4.09. The van der Waals surface area contributed by atoms with Crippen LogP contribution in [0.2, 0.25) is 0 Å². The van der Waals surface area contributed by atoms with Crippen molar-refractivity contribution in [3.8, 4) is 0 Å². The van der Waals surface area contributed by atoms with E-state index in [0.717, 1.165) is 6.42 Å². The molecule has 0 saturated carbocycles. The summed E-state index contributed by atoms with van der Waals surface area (Å²) in [4.78, 5) is 1.44. The Morgan fingerprint density at radius 3 is 3.19 bits per heavy atom. The minimum absolute atomic E-state index is 0.513. The van der Waals surface area contributed by atoms with Crippen LogP contribution in [0.4, 0.5) is 0 Å². The molecule has 0 radical (unpaired) electrons. The molecule has 1 heterocycles. The molecule has 1 aromatic rings. The number of rotatable bonds is 4. The largest absolute Gasteiger partial charge is 0.307 e. The lowest BCUT2D eigenvalue weighted by Gasteiger charge is -2.28. The predicted molar refractivity (Wildman–Crippen MR) is 71.9 cm³/mol. The lowest BCUT2D eigenvalue weighted by molar-refractivity contribution is 0.442. The van der Waals surface area contributed by atoms with Gasteiger partial charge in [-0.15, -0.1) is 18.3 Å². The van der Waals surface area contributed by atoms with Gasteiger partial charge in [-0.05, 0) is 37.1 Å². The molecule has 1 aliphatic heterocycles. The average molecular weight is 233 g/mol. The summed E-state index contributed by atoms with van der Waals surface area (Å²) in [5.41, 5.74) is 1.47. The van der Waals surface area contributed by atoms with Crippen LogP contribution in [0.15, 0.2) is 41.8 Å². The summed E-state index contributed by atoms with van der Waals surface area (Å²) < 4.78 is 0. The van der Waals surface area contributed by atoms with Crippen LogP contribution < -0.4 is 5.32 Å². The fourth-order valence-corrected chi connectivity index (χ4v) is 3.30. The van der Waals surface area contributed by atoms with Crippen LogP contribution in [0.3, 0.4) is 0 Å². The third-order valence-electron chi connectivity index (χ3n) is 2.96. The lowest BCUT2D eigenvalue weighted by Crippen LogP contribution is -2.32. The highest BCUT2D eigenvalue weighted by atomic mass is 32.2. The highest BCUT2D eigenvalue weighted by molar-refractivity contribution is 7.99. The van der Waals surface area contributed by atoms with Gasteiger partial charge >= 0.3 is 0 Å². The van der Waals surface area contributed by atoms with E-state index in [1.165, 1.54) is 22.6 Å². The van der Waals surface area contributed by atoms with Crippen LogP contribution >= 0.6 is 11.8 Å². The maximum Gasteiger partial charge on any atom is 0.0341 e. The standard InChI is InChI=1S/C14H19NS/c1-3-6-11(2)15-13-9-10-16-14-8-5-4-7-12(13)14/h3-5,7-8,11,13,15H,1,6,9-10H2,2H3. The molecule has 2 atom stereocenters. The van der Waals surface area contributed by atoms with Crippen LogP contribution in [-0.4, -0.2) is 11.8 Å². The molecule has 0 amide bonds. The smallest absolute Gasteiger partial charge is 0.0341 e. The second kappa shape index (κ2) is 5.55. The Morgan fingerprint density at radius 1 is 1.56 bits per heavy atom. The van der Waals surface area contributed by atoms with E-state index >= 15 is 0 Å². The molecule has 2 rings (SSSR count). The van der Waals surface area contributed by atoms with Crippen LogP contribution in [0, 0.1) is 0 Å². The fraction of sp³-hybridized carbons (Fsp3) is 0.429. The van der Waals surface area contributed by atoms with Crippen molar-refractivity contribution in [3.05, 3.63) is 42.5 Å². The van der Waals surface area contributed by atoms with Crippen LogP contribution in [0.5, 0.6) is 0 Å². The predicted octanol–water partition coefficient (Wildman–Crippen LogP) is 3.78. The van der Waals surface area contributed by atoms with Gasteiger partial charge in [0, 0.05) is 17.0 Å².